The molecule has 0 unspecified atom stereocenters. The standard InChI is InChI=1S/C32H27BrFIN2O6S/c1-4-41-25-11-10-19(15-26(25)42-5-2)28-21(31(39)40-3)16-36-32-37(28)30(38)27(44-32)14-18-12-22(33)29(24(35)13-18)43-17-20-8-6-7-9-23(20)34/h6-16,28H,4-5,17H2,1-3H3/b27-14-/t28-/m0/s1. The summed E-state index contributed by atoms with van der Waals surface area (Å²) in [6.45, 7) is 4.68. The Bertz CT molecular complexity index is 1920. The van der Waals surface area contributed by atoms with E-state index in [1.807, 2.05) is 26.0 Å². The lowest BCUT2D eigenvalue weighted by Gasteiger charge is -2.23. The molecule has 0 spiro atoms. The highest BCUT2D eigenvalue weighted by Gasteiger charge is 2.31. The summed E-state index contributed by atoms with van der Waals surface area (Å²) < 4.78 is 39.9. The third-order valence-corrected chi connectivity index (χ3v) is 9.04. The minimum Gasteiger partial charge on any atom is -0.490 e. The number of fused-ring (bicyclic) bond motifs is 1. The number of ether oxygens (including phenoxy) is 4. The van der Waals surface area contributed by atoms with Crippen molar-refractivity contribution in [2.24, 2.45) is 4.99 Å². The Morgan fingerprint density at radius 2 is 1.84 bits per heavy atom. The number of aromatic nitrogens is 1. The minimum absolute atomic E-state index is 0.0678. The quantitative estimate of drug-likeness (QED) is 0.147. The first-order valence-electron chi connectivity index (χ1n) is 13.6. The van der Waals surface area contributed by atoms with E-state index in [0.717, 1.165) is 9.13 Å². The number of carbonyl (C=O) groups is 1. The number of thiazole rings is 1. The predicted molar refractivity (Wildman–Crippen MR) is 178 cm³/mol. The van der Waals surface area contributed by atoms with Gasteiger partial charge in [0.1, 0.15) is 18.2 Å². The molecule has 5 rings (SSSR count). The maximum absolute atomic E-state index is 14.1. The van der Waals surface area contributed by atoms with Crippen LogP contribution in [0.4, 0.5) is 4.39 Å². The van der Waals surface area contributed by atoms with Crippen LogP contribution in [-0.4, -0.2) is 30.9 Å². The van der Waals surface area contributed by atoms with Crippen LogP contribution < -0.4 is 29.1 Å². The van der Waals surface area contributed by atoms with Crippen molar-refractivity contribution in [2.75, 3.05) is 20.3 Å². The van der Waals surface area contributed by atoms with Gasteiger partial charge >= 0.3 is 5.97 Å². The Kier molecular flexibility index (Phi) is 10.2. The zero-order valence-electron chi connectivity index (χ0n) is 23.9. The molecular formula is C32H27BrFIN2O6S. The van der Waals surface area contributed by atoms with E-state index in [1.54, 1.807) is 42.5 Å². The van der Waals surface area contributed by atoms with Gasteiger partial charge in [0.25, 0.3) is 5.56 Å². The summed E-state index contributed by atoms with van der Waals surface area (Å²) in [6, 6.07) is 14.7. The summed E-state index contributed by atoms with van der Waals surface area (Å²) in [5, 5.41) is 0. The topological polar surface area (TPSA) is 88.4 Å². The Labute approximate surface area is 278 Å². The van der Waals surface area contributed by atoms with Crippen molar-refractivity contribution in [3.05, 3.63) is 117 Å². The molecule has 0 aliphatic carbocycles. The van der Waals surface area contributed by atoms with Crippen molar-refractivity contribution in [2.45, 2.75) is 26.5 Å². The normalized spacial score (nSPS) is 14.4. The first-order chi connectivity index (χ1) is 21.2. The highest BCUT2D eigenvalue weighted by Crippen LogP contribution is 2.36. The molecule has 1 atom stereocenters. The van der Waals surface area contributed by atoms with Gasteiger partial charge in [0.05, 0.1) is 44.5 Å². The number of hydrogen-bond donors (Lipinski definition) is 0. The van der Waals surface area contributed by atoms with Gasteiger partial charge in [-0.1, -0.05) is 35.6 Å². The fourth-order valence-corrected chi connectivity index (χ4v) is 7.44. The van der Waals surface area contributed by atoms with E-state index in [-0.39, 0.29) is 23.6 Å². The van der Waals surface area contributed by atoms with Crippen LogP contribution in [0.1, 0.15) is 36.6 Å². The highest BCUT2D eigenvalue weighted by molar-refractivity contribution is 14.1. The van der Waals surface area contributed by atoms with Gasteiger partial charge in [0, 0.05) is 11.8 Å². The molecule has 0 saturated heterocycles. The lowest BCUT2D eigenvalue weighted by Crippen LogP contribution is -2.39. The van der Waals surface area contributed by atoms with Gasteiger partial charge in [-0.15, -0.1) is 0 Å². The third-order valence-electron chi connectivity index (χ3n) is 6.66. The lowest BCUT2D eigenvalue weighted by atomic mass is 9.97. The summed E-state index contributed by atoms with van der Waals surface area (Å²) in [4.78, 5) is 31.7. The molecule has 8 nitrogen and oxygen atoms in total. The number of carbonyl (C=O) groups excluding carboxylic acids is 1. The van der Waals surface area contributed by atoms with Crippen LogP contribution in [0.5, 0.6) is 17.2 Å². The number of methoxy groups -OCH3 is 1. The maximum Gasteiger partial charge on any atom is 0.337 e. The van der Waals surface area contributed by atoms with Gasteiger partial charge in [-0.3, -0.25) is 9.36 Å². The third kappa shape index (κ3) is 6.61. The average molecular weight is 793 g/mol. The van der Waals surface area contributed by atoms with Crippen LogP contribution >= 0.6 is 49.9 Å². The van der Waals surface area contributed by atoms with Crippen LogP contribution in [0, 0.1) is 9.39 Å². The number of rotatable bonds is 10. The van der Waals surface area contributed by atoms with Gasteiger partial charge in [-0.05, 0) is 99.9 Å². The van der Waals surface area contributed by atoms with E-state index in [2.05, 4.69) is 43.5 Å². The van der Waals surface area contributed by atoms with E-state index in [1.165, 1.54) is 35.3 Å². The van der Waals surface area contributed by atoms with Gasteiger partial charge in [0.15, 0.2) is 16.3 Å². The van der Waals surface area contributed by atoms with Crippen LogP contribution in [-0.2, 0) is 16.1 Å². The van der Waals surface area contributed by atoms with E-state index < -0.39 is 12.0 Å². The fourth-order valence-electron chi connectivity index (χ4n) is 4.70. The van der Waals surface area contributed by atoms with Crippen molar-refractivity contribution in [3.63, 3.8) is 0 Å². The number of nitrogens with zero attached hydrogens (tertiary/aromatic N) is 2. The van der Waals surface area contributed by atoms with Gasteiger partial charge in [-0.2, -0.15) is 0 Å². The molecule has 1 aliphatic rings. The molecule has 228 valence electrons. The zero-order valence-corrected chi connectivity index (χ0v) is 28.5. The zero-order chi connectivity index (χ0) is 31.4. The number of benzene rings is 3. The molecule has 2 heterocycles. The predicted octanol–water partition coefficient (Wildman–Crippen LogP) is 5.90. The van der Waals surface area contributed by atoms with Crippen molar-refractivity contribution >= 4 is 61.9 Å². The second-order valence-corrected chi connectivity index (χ2v) is 12.5. The molecule has 0 saturated carbocycles. The van der Waals surface area contributed by atoms with Crippen molar-refractivity contribution in [3.8, 4) is 17.2 Å². The van der Waals surface area contributed by atoms with Crippen molar-refractivity contribution in [1.82, 2.24) is 4.57 Å². The fraction of sp³-hybridized carbons (Fsp3) is 0.219. The monoisotopic (exact) mass is 792 g/mol. The van der Waals surface area contributed by atoms with Crippen LogP contribution in [0.3, 0.4) is 0 Å². The van der Waals surface area contributed by atoms with E-state index in [0.29, 0.717) is 55.4 Å². The van der Waals surface area contributed by atoms with Crippen LogP contribution in [0.25, 0.3) is 6.08 Å². The summed E-state index contributed by atoms with van der Waals surface area (Å²) in [6.07, 6.45) is 3.21. The molecule has 0 bridgehead atoms. The molecule has 0 amide bonds. The first kappa shape index (κ1) is 31.9. The lowest BCUT2D eigenvalue weighted by molar-refractivity contribution is -0.136. The molecule has 1 aromatic heterocycles. The SMILES string of the molecule is CCOc1ccc([C@H]2C(C(=O)OC)=CN=c3s/c(=C\c4cc(Br)c(OCc5ccccc5F)c(I)c4)c(=O)n32)cc1OCC. The molecule has 0 fully saturated rings. The molecule has 1 aliphatic heterocycles. The van der Waals surface area contributed by atoms with E-state index in [9.17, 15) is 14.0 Å². The van der Waals surface area contributed by atoms with E-state index >= 15 is 0 Å². The van der Waals surface area contributed by atoms with Gasteiger partial charge in [0.2, 0.25) is 0 Å². The van der Waals surface area contributed by atoms with Crippen LogP contribution in [0.15, 0.2) is 80.6 Å². The molecule has 44 heavy (non-hydrogen) atoms. The second-order valence-electron chi connectivity index (χ2n) is 9.44. The number of esters is 1. The minimum atomic E-state index is -0.795. The molecular weight excluding hydrogens is 766 g/mol. The first-order valence-corrected chi connectivity index (χ1v) is 16.3. The number of halogens is 3. The van der Waals surface area contributed by atoms with Crippen molar-refractivity contribution < 1.29 is 28.1 Å². The Balaban J connectivity index is 1.55. The highest BCUT2D eigenvalue weighted by atomic mass is 127. The summed E-state index contributed by atoms with van der Waals surface area (Å²) in [5.74, 6) is 0.710. The number of hydrogen-bond acceptors (Lipinski definition) is 8. The molecule has 0 radical (unpaired) electrons. The molecule has 4 aromatic rings. The summed E-state index contributed by atoms with van der Waals surface area (Å²) >= 11 is 6.92. The Hall–Kier alpha value is -3.49. The Morgan fingerprint density at radius 3 is 2.55 bits per heavy atom. The van der Waals surface area contributed by atoms with E-state index in [4.69, 9.17) is 18.9 Å². The molecule has 0 N–H and O–H groups in total. The Morgan fingerprint density at radius 1 is 1.09 bits per heavy atom. The maximum atomic E-state index is 14.1. The average Bonchev–Trinajstić information content (AvgIpc) is 3.32. The molecule has 3 aromatic carbocycles. The largest absolute Gasteiger partial charge is 0.490 e. The van der Waals surface area contributed by atoms with Gasteiger partial charge < -0.3 is 18.9 Å². The summed E-state index contributed by atoms with van der Waals surface area (Å²) in [7, 11) is 1.29. The molecule has 12 heteroatoms. The van der Waals surface area contributed by atoms with Crippen LogP contribution in [0.2, 0.25) is 0 Å². The second kappa shape index (κ2) is 14.1. The van der Waals surface area contributed by atoms with Gasteiger partial charge in [-0.25, -0.2) is 14.2 Å². The summed E-state index contributed by atoms with van der Waals surface area (Å²) in [5.41, 5.74) is 1.73. The van der Waals surface area contributed by atoms with Crippen molar-refractivity contribution in [1.29, 1.82) is 0 Å². The smallest absolute Gasteiger partial charge is 0.337 e.